The third-order valence-corrected chi connectivity index (χ3v) is 8.70. The van der Waals surface area contributed by atoms with E-state index in [9.17, 15) is 18.8 Å². The molecular formula is C27H28ClFN6O5S. The first-order chi connectivity index (χ1) is 19.8. The summed E-state index contributed by atoms with van der Waals surface area (Å²) in [6, 6.07) is 2.89. The van der Waals surface area contributed by atoms with Crippen molar-refractivity contribution in [3.63, 3.8) is 0 Å². The Hall–Kier alpha value is -3.55. The van der Waals surface area contributed by atoms with Gasteiger partial charge in [0.2, 0.25) is 0 Å². The minimum atomic E-state index is -0.850. The quantitative estimate of drug-likeness (QED) is 0.459. The zero-order valence-electron chi connectivity index (χ0n) is 22.2. The number of carbonyl (C=O) groups is 3. The van der Waals surface area contributed by atoms with Crippen LogP contribution in [0.3, 0.4) is 0 Å². The largest absolute Gasteiger partial charge is 0.466 e. The van der Waals surface area contributed by atoms with Gasteiger partial charge in [0.25, 0.3) is 0 Å². The fourth-order valence-corrected chi connectivity index (χ4v) is 6.22. The van der Waals surface area contributed by atoms with Gasteiger partial charge in [-0.25, -0.2) is 19.0 Å². The molecule has 2 atom stereocenters. The number of hydrogen-bond acceptors (Lipinski definition) is 10. The number of rotatable bonds is 8. The zero-order chi connectivity index (χ0) is 28.7. The highest BCUT2D eigenvalue weighted by molar-refractivity contribution is 7.11. The van der Waals surface area contributed by atoms with Crippen LogP contribution in [-0.2, 0) is 19.1 Å². The van der Waals surface area contributed by atoms with Gasteiger partial charge in [-0.3, -0.25) is 19.6 Å². The number of urea groups is 1. The van der Waals surface area contributed by atoms with Crippen LogP contribution >= 0.6 is 22.9 Å². The predicted molar refractivity (Wildman–Crippen MR) is 148 cm³/mol. The van der Waals surface area contributed by atoms with Crippen LogP contribution in [0.5, 0.6) is 0 Å². The smallest absolute Gasteiger partial charge is 0.338 e. The van der Waals surface area contributed by atoms with E-state index < -0.39 is 17.8 Å². The first-order valence-electron chi connectivity index (χ1n) is 13.3. The molecule has 2 aromatic rings. The number of halogens is 2. The number of benzene rings is 1. The fraction of sp³-hybridized carbons (Fsp3) is 0.444. The van der Waals surface area contributed by atoms with Gasteiger partial charge in [-0.1, -0.05) is 17.7 Å². The molecule has 1 saturated carbocycles. The fourth-order valence-electron chi connectivity index (χ4n) is 5.36. The van der Waals surface area contributed by atoms with Crippen molar-refractivity contribution in [3.05, 3.63) is 62.5 Å². The molecule has 6 rings (SSSR count). The van der Waals surface area contributed by atoms with E-state index in [2.05, 4.69) is 15.2 Å². The van der Waals surface area contributed by atoms with E-state index in [0.717, 1.165) is 12.8 Å². The molecule has 2 saturated heterocycles. The van der Waals surface area contributed by atoms with E-state index in [1.165, 1.54) is 36.6 Å². The van der Waals surface area contributed by atoms with Crippen molar-refractivity contribution in [3.8, 4) is 0 Å². The Balaban J connectivity index is 1.25. The lowest BCUT2D eigenvalue weighted by atomic mass is 9.95. The molecule has 0 bridgehead atoms. The van der Waals surface area contributed by atoms with Gasteiger partial charge >= 0.3 is 18.0 Å². The predicted octanol–water partition coefficient (Wildman–Crippen LogP) is 2.79. The molecule has 41 heavy (non-hydrogen) atoms. The molecule has 4 heterocycles. The number of carbonyl (C=O) groups excluding carboxylic acids is 3. The topological polar surface area (TPSA) is 117 Å². The first-order valence-corrected chi connectivity index (χ1v) is 14.5. The minimum Gasteiger partial charge on any atom is -0.466 e. The number of fused-ring (bicyclic) bond motifs is 1. The van der Waals surface area contributed by atoms with Crippen molar-refractivity contribution < 1.29 is 28.2 Å². The van der Waals surface area contributed by atoms with Crippen LogP contribution in [0.25, 0.3) is 0 Å². The van der Waals surface area contributed by atoms with Crippen molar-refractivity contribution in [2.75, 3.05) is 46.6 Å². The first kappa shape index (κ1) is 27.6. The van der Waals surface area contributed by atoms with E-state index in [1.54, 1.807) is 16.0 Å². The number of methoxy groups -OCH3 is 1. The normalized spacial score (nSPS) is 22.8. The van der Waals surface area contributed by atoms with Gasteiger partial charge < -0.3 is 19.7 Å². The van der Waals surface area contributed by atoms with Crippen molar-refractivity contribution in [2.24, 2.45) is 10.9 Å². The van der Waals surface area contributed by atoms with E-state index >= 15 is 0 Å². The lowest BCUT2D eigenvalue weighted by Gasteiger charge is -2.38. The summed E-state index contributed by atoms with van der Waals surface area (Å²) in [6.07, 6.45) is 3.35. The van der Waals surface area contributed by atoms with Crippen LogP contribution in [0.1, 0.15) is 29.5 Å². The van der Waals surface area contributed by atoms with Crippen LogP contribution in [0.2, 0.25) is 5.02 Å². The number of nitrogens with zero attached hydrogens (tertiary/aromatic N) is 5. The highest BCUT2D eigenvalue weighted by atomic mass is 35.5. The van der Waals surface area contributed by atoms with Gasteiger partial charge in [-0.05, 0) is 25.0 Å². The maximum absolute atomic E-state index is 13.9. The lowest BCUT2D eigenvalue weighted by Crippen LogP contribution is -2.53. The molecule has 1 aromatic heterocycles. The van der Waals surface area contributed by atoms with Gasteiger partial charge in [0.15, 0.2) is 17.6 Å². The zero-order valence-corrected chi connectivity index (χ0v) is 23.8. The molecule has 3 aliphatic heterocycles. The maximum atomic E-state index is 13.9. The molecule has 14 heteroatoms. The van der Waals surface area contributed by atoms with Crippen LogP contribution in [0, 0.1) is 11.7 Å². The molecule has 0 spiro atoms. The van der Waals surface area contributed by atoms with Crippen LogP contribution < -0.4 is 5.32 Å². The number of nitrogens with one attached hydrogen (secondary N) is 1. The Kier molecular flexibility index (Phi) is 7.66. The van der Waals surface area contributed by atoms with Crippen LogP contribution in [-0.4, -0.2) is 96.1 Å². The standard InChI is InChI=1S/C27H28ClFN6O5S/c1-39-26(37)21-20(31-23(24-30-6-9-41-24)32-22(21)18-5-4-16(29)10-19(18)28)13-33-7-8-35-17(11-33)12-34(27(35)38)14-40-25(36)15-2-3-15/h4-6,9-10,15,17,22H,2-3,7-8,11-14H2,1H3,(H,31,32)/t17-,22-/m0/s1. The highest BCUT2D eigenvalue weighted by Gasteiger charge is 2.42. The van der Waals surface area contributed by atoms with Crippen LogP contribution in [0.15, 0.2) is 46.0 Å². The summed E-state index contributed by atoms with van der Waals surface area (Å²) in [4.78, 5) is 52.8. The number of thiazole rings is 1. The minimum absolute atomic E-state index is 0.0301. The Bertz CT molecular complexity index is 1430. The number of aromatic nitrogens is 1. The third kappa shape index (κ3) is 5.66. The molecule has 0 radical (unpaired) electrons. The van der Waals surface area contributed by atoms with E-state index in [1.807, 2.05) is 5.38 Å². The Morgan fingerprint density at radius 2 is 2.07 bits per heavy atom. The van der Waals surface area contributed by atoms with Crippen molar-refractivity contribution in [2.45, 2.75) is 24.9 Å². The number of ether oxygens (including phenoxy) is 2. The molecule has 1 aliphatic carbocycles. The highest BCUT2D eigenvalue weighted by Crippen LogP contribution is 2.37. The number of hydrogen-bond donors (Lipinski definition) is 1. The molecule has 1 N–H and O–H groups in total. The van der Waals surface area contributed by atoms with Crippen molar-refractivity contribution in [1.29, 1.82) is 0 Å². The van der Waals surface area contributed by atoms with Gasteiger partial charge in [0.1, 0.15) is 11.9 Å². The summed E-state index contributed by atoms with van der Waals surface area (Å²) in [5.74, 6) is -0.897. The van der Waals surface area contributed by atoms with Gasteiger partial charge in [0.05, 0.1) is 24.6 Å². The van der Waals surface area contributed by atoms with Gasteiger partial charge in [0, 0.05) is 60.6 Å². The molecular weight excluding hydrogens is 575 g/mol. The summed E-state index contributed by atoms with van der Waals surface area (Å²) in [5, 5.41) is 5.88. The maximum Gasteiger partial charge on any atom is 0.338 e. The number of aliphatic imine (C=N–C) groups is 1. The number of amides is 2. The lowest BCUT2D eigenvalue weighted by molar-refractivity contribution is -0.148. The molecule has 216 valence electrons. The number of esters is 2. The molecule has 2 amide bonds. The van der Waals surface area contributed by atoms with Gasteiger partial charge in [-0.15, -0.1) is 11.3 Å². The second kappa shape index (κ2) is 11.4. The monoisotopic (exact) mass is 602 g/mol. The average Bonchev–Trinajstić information content (AvgIpc) is 3.58. The SMILES string of the molecule is COC(=O)C1=C(CN2CCN3C(=O)N(COC(=O)C4CC4)C[C@@H]3C2)NC(c2nccs2)=N[C@H]1c1ccc(F)cc1Cl. The Morgan fingerprint density at radius 1 is 1.24 bits per heavy atom. The second-order valence-electron chi connectivity index (χ2n) is 10.3. The third-order valence-electron chi connectivity index (χ3n) is 7.59. The molecule has 4 aliphatic rings. The number of amidine groups is 1. The van der Waals surface area contributed by atoms with Crippen molar-refractivity contribution in [1.82, 2.24) is 25.0 Å². The van der Waals surface area contributed by atoms with E-state index in [4.69, 9.17) is 26.1 Å². The number of piperazine rings is 1. The summed E-state index contributed by atoms with van der Waals surface area (Å²) < 4.78 is 24.4. The summed E-state index contributed by atoms with van der Waals surface area (Å²) in [5.41, 5.74) is 1.29. The Morgan fingerprint density at radius 3 is 2.78 bits per heavy atom. The molecule has 1 aromatic carbocycles. The second-order valence-corrected chi connectivity index (χ2v) is 11.6. The Labute approximate surface area is 244 Å². The molecule has 11 nitrogen and oxygen atoms in total. The molecule has 0 unspecified atom stereocenters. The van der Waals surface area contributed by atoms with E-state index in [-0.39, 0.29) is 41.3 Å². The average molecular weight is 603 g/mol. The van der Waals surface area contributed by atoms with Crippen LogP contribution in [0.4, 0.5) is 9.18 Å². The van der Waals surface area contributed by atoms with E-state index in [0.29, 0.717) is 54.8 Å². The molecule has 3 fully saturated rings. The summed E-state index contributed by atoms with van der Waals surface area (Å²) >= 11 is 7.83. The summed E-state index contributed by atoms with van der Waals surface area (Å²) in [7, 11) is 1.30. The summed E-state index contributed by atoms with van der Waals surface area (Å²) in [6.45, 7) is 2.31. The van der Waals surface area contributed by atoms with Gasteiger partial charge in [-0.2, -0.15) is 0 Å². The van der Waals surface area contributed by atoms with Crippen molar-refractivity contribution >= 4 is 46.7 Å².